The summed E-state index contributed by atoms with van der Waals surface area (Å²) in [5.74, 6) is 0.427. The minimum absolute atomic E-state index is 0.427. The van der Waals surface area contributed by atoms with Crippen LogP contribution in [0, 0.1) is 0 Å². The molecule has 1 aromatic rings. The van der Waals surface area contributed by atoms with Crippen molar-refractivity contribution in [1.82, 2.24) is 9.55 Å². The predicted octanol–water partition coefficient (Wildman–Crippen LogP) is 1.01. The summed E-state index contributed by atoms with van der Waals surface area (Å²) in [7, 11) is -2.51. The molecule has 5 heteroatoms. The second kappa shape index (κ2) is 1.75. The fourth-order valence-corrected chi connectivity index (χ4v) is 2.47. The molecular formula is C5H8N2O2S. The van der Waals surface area contributed by atoms with Gasteiger partial charge in [0.1, 0.15) is 0 Å². The Bertz CT molecular complexity index is 258. The number of aromatic nitrogens is 2. The van der Waals surface area contributed by atoms with E-state index >= 15 is 0 Å². The quantitative estimate of drug-likeness (QED) is 0.595. The Morgan fingerprint density at radius 2 is 2.40 bits per heavy atom. The van der Waals surface area contributed by atoms with Crippen molar-refractivity contribution in [3.63, 3.8) is 0 Å². The average Bonchev–Trinajstić information content (AvgIpc) is 2.36. The fourth-order valence-electron chi connectivity index (χ4n) is 1.07. The molecule has 1 aromatic heterocycles. The minimum atomic E-state index is -2.51. The van der Waals surface area contributed by atoms with Gasteiger partial charge in [0.25, 0.3) is 0 Å². The van der Waals surface area contributed by atoms with E-state index in [-0.39, 0.29) is 0 Å². The fraction of sp³-hybridized carbons (Fsp3) is 0.400. The van der Waals surface area contributed by atoms with E-state index in [0.29, 0.717) is 17.5 Å². The summed E-state index contributed by atoms with van der Waals surface area (Å²) < 4.78 is 20.4. The number of nitrogens with zero attached hydrogens (tertiary/aromatic N) is 2. The van der Waals surface area contributed by atoms with Crippen LogP contribution in [0.2, 0.25) is 0 Å². The van der Waals surface area contributed by atoms with E-state index in [0.717, 1.165) is 0 Å². The average molecular weight is 160 g/mol. The molecule has 2 N–H and O–H groups in total. The second-order valence-electron chi connectivity index (χ2n) is 2.27. The molecule has 0 radical (unpaired) electrons. The summed E-state index contributed by atoms with van der Waals surface area (Å²) in [4.78, 5) is 3.85. The molecule has 0 unspecified atom stereocenters. The lowest BCUT2D eigenvalue weighted by molar-refractivity contribution is 0.486. The van der Waals surface area contributed by atoms with E-state index in [1.165, 1.54) is 0 Å². The van der Waals surface area contributed by atoms with E-state index < -0.39 is 10.6 Å². The van der Waals surface area contributed by atoms with Crippen LogP contribution in [-0.2, 0) is 6.54 Å². The maximum Gasteiger partial charge on any atom is 0.222 e. The molecule has 2 heterocycles. The van der Waals surface area contributed by atoms with Gasteiger partial charge in [0.15, 0.2) is 0 Å². The van der Waals surface area contributed by atoms with Crippen LogP contribution in [0.3, 0.4) is 0 Å². The van der Waals surface area contributed by atoms with Crippen LogP contribution in [0.15, 0.2) is 17.6 Å². The van der Waals surface area contributed by atoms with Gasteiger partial charge in [-0.1, -0.05) is 0 Å². The summed E-state index contributed by atoms with van der Waals surface area (Å²) in [6.07, 6.45) is 3.35. The van der Waals surface area contributed by atoms with Gasteiger partial charge in [0.2, 0.25) is 5.16 Å². The van der Waals surface area contributed by atoms with E-state index in [1.54, 1.807) is 17.0 Å². The zero-order valence-electron chi connectivity index (χ0n) is 5.27. The van der Waals surface area contributed by atoms with Crippen LogP contribution >= 0.6 is 10.6 Å². The standard InChI is InChI=1S/C5H8N2O2S/c8-10(9)4-3-7-2-1-6-5(7)10/h1-2,8-9H,3-4H2. The molecule has 0 amide bonds. The smallest absolute Gasteiger partial charge is 0.222 e. The van der Waals surface area contributed by atoms with Gasteiger partial charge in [0, 0.05) is 18.9 Å². The zero-order valence-corrected chi connectivity index (χ0v) is 6.08. The van der Waals surface area contributed by atoms with Gasteiger partial charge < -0.3 is 4.57 Å². The molecule has 56 valence electrons. The summed E-state index contributed by atoms with van der Waals surface area (Å²) in [6.45, 7) is 0.678. The zero-order chi connectivity index (χ0) is 7.19. The Morgan fingerprint density at radius 1 is 1.60 bits per heavy atom. The molecule has 1 aliphatic heterocycles. The molecule has 0 saturated heterocycles. The number of hydrogen-bond donors (Lipinski definition) is 2. The first-order chi connectivity index (χ1) is 4.70. The molecule has 0 spiro atoms. The molecule has 0 saturated carbocycles. The van der Waals surface area contributed by atoms with Crippen molar-refractivity contribution in [1.29, 1.82) is 0 Å². The van der Waals surface area contributed by atoms with Gasteiger partial charge in [-0.2, -0.15) is 0 Å². The van der Waals surface area contributed by atoms with Crippen LogP contribution in [-0.4, -0.2) is 24.4 Å². The van der Waals surface area contributed by atoms with E-state index in [2.05, 4.69) is 4.98 Å². The van der Waals surface area contributed by atoms with Crippen LogP contribution < -0.4 is 0 Å². The minimum Gasteiger partial charge on any atom is -0.316 e. The van der Waals surface area contributed by atoms with Gasteiger partial charge in [0.05, 0.1) is 5.75 Å². The Hall–Kier alpha value is -0.520. The summed E-state index contributed by atoms with van der Waals surface area (Å²) in [5, 5.41) is 0.438. The van der Waals surface area contributed by atoms with Crippen molar-refractivity contribution in [3.8, 4) is 0 Å². The summed E-state index contributed by atoms with van der Waals surface area (Å²) in [5.41, 5.74) is 0. The highest BCUT2D eigenvalue weighted by atomic mass is 32.3. The van der Waals surface area contributed by atoms with Crippen LogP contribution in [0.5, 0.6) is 0 Å². The van der Waals surface area contributed by atoms with Crippen LogP contribution in [0.1, 0.15) is 0 Å². The maximum atomic E-state index is 9.29. The van der Waals surface area contributed by atoms with Crippen molar-refractivity contribution in [2.75, 3.05) is 5.75 Å². The predicted molar refractivity (Wildman–Crippen MR) is 38.2 cm³/mol. The number of rotatable bonds is 0. The van der Waals surface area contributed by atoms with Crippen LogP contribution in [0.4, 0.5) is 0 Å². The topological polar surface area (TPSA) is 58.3 Å². The number of imidazole rings is 1. The molecule has 1 aliphatic rings. The van der Waals surface area contributed by atoms with Gasteiger partial charge in [-0.15, -0.1) is 10.6 Å². The van der Waals surface area contributed by atoms with Crippen LogP contribution in [0.25, 0.3) is 0 Å². The molecule has 2 rings (SSSR count). The Morgan fingerprint density at radius 3 is 3.10 bits per heavy atom. The Balaban J connectivity index is 2.54. The van der Waals surface area contributed by atoms with Gasteiger partial charge in [-0.3, -0.25) is 9.11 Å². The maximum absolute atomic E-state index is 9.29. The highest BCUT2D eigenvalue weighted by Crippen LogP contribution is 2.50. The van der Waals surface area contributed by atoms with Crippen molar-refractivity contribution < 1.29 is 9.11 Å². The van der Waals surface area contributed by atoms with Crippen molar-refractivity contribution in [2.45, 2.75) is 11.7 Å². The van der Waals surface area contributed by atoms with Gasteiger partial charge in [-0.25, -0.2) is 4.98 Å². The molecule has 10 heavy (non-hydrogen) atoms. The molecule has 0 aliphatic carbocycles. The Labute approximate surface area is 59.9 Å². The van der Waals surface area contributed by atoms with E-state index in [1.807, 2.05) is 0 Å². The lowest BCUT2D eigenvalue weighted by atomic mass is 10.7. The lowest BCUT2D eigenvalue weighted by Crippen LogP contribution is -1.96. The summed E-state index contributed by atoms with van der Waals surface area (Å²) in [6, 6.07) is 0. The third-order valence-electron chi connectivity index (χ3n) is 1.59. The molecule has 0 fully saturated rings. The number of fused-ring (bicyclic) bond motifs is 1. The molecular weight excluding hydrogens is 152 g/mol. The third kappa shape index (κ3) is 0.681. The summed E-state index contributed by atoms with van der Waals surface area (Å²) >= 11 is 0. The molecule has 0 atom stereocenters. The first kappa shape index (κ1) is 6.21. The van der Waals surface area contributed by atoms with Crippen molar-refractivity contribution in [2.24, 2.45) is 0 Å². The number of aryl methyl sites for hydroxylation is 1. The van der Waals surface area contributed by atoms with Crippen molar-refractivity contribution >= 4 is 10.6 Å². The largest absolute Gasteiger partial charge is 0.316 e. The molecule has 0 bridgehead atoms. The first-order valence-corrected chi connectivity index (χ1v) is 4.69. The molecule has 0 aromatic carbocycles. The first-order valence-electron chi connectivity index (χ1n) is 2.97. The number of hydrogen-bond acceptors (Lipinski definition) is 3. The normalized spacial score (nSPS) is 24.2. The van der Waals surface area contributed by atoms with E-state index in [9.17, 15) is 9.11 Å². The monoisotopic (exact) mass is 160 g/mol. The lowest BCUT2D eigenvalue weighted by Gasteiger charge is -2.22. The van der Waals surface area contributed by atoms with Gasteiger partial charge >= 0.3 is 0 Å². The highest BCUT2D eigenvalue weighted by molar-refractivity contribution is 8.24. The van der Waals surface area contributed by atoms with Crippen molar-refractivity contribution in [3.05, 3.63) is 12.4 Å². The third-order valence-corrected chi connectivity index (χ3v) is 3.26. The Kier molecular flexibility index (Phi) is 1.08. The molecule has 4 nitrogen and oxygen atoms in total. The van der Waals surface area contributed by atoms with Gasteiger partial charge in [-0.05, 0) is 0 Å². The van der Waals surface area contributed by atoms with E-state index in [4.69, 9.17) is 0 Å². The highest BCUT2D eigenvalue weighted by Gasteiger charge is 2.27. The second-order valence-corrected chi connectivity index (χ2v) is 4.38. The SMILES string of the molecule is OS1(O)CCn2ccnc21.